The lowest BCUT2D eigenvalue weighted by molar-refractivity contribution is 0.104. The number of carbonyl (C=O) groups is 1. The van der Waals surface area contributed by atoms with Gasteiger partial charge in [0.15, 0.2) is 5.78 Å². The second-order valence-electron chi connectivity index (χ2n) is 4.60. The van der Waals surface area contributed by atoms with E-state index in [1.54, 1.807) is 18.2 Å². The van der Waals surface area contributed by atoms with Crippen molar-refractivity contribution in [3.05, 3.63) is 65.5 Å². The normalized spacial score (nSPS) is 12.6. The highest BCUT2D eigenvalue weighted by molar-refractivity contribution is 6.22. The third-order valence-electron chi connectivity index (χ3n) is 3.45. The van der Waals surface area contributed by atoms with Gasteiger partial charge >= 0.3 is 0 Å². The number of benzene rings is 2. The van der Waals surface area contributed by atoms with Gasteiger partial charge in [-0.3, -0.25) is 4.79 Å². The van der Waals surface area contributed by atoms with Gasteiger partial charge in [-0.15, -0.1) is 0 Å². The molecule has 2 nitrogen and oxygen atoms in total. The summed E-state index contributed by atoms with van der Waals surface area (Å²) in [7, 11) is 0. The zero-order valence-corrected chi connectivity index (χ0v) is 9.85. The third-order valence-corrected chi connectivity index (χ3v) is 3.45. The predicted octanol–water partition coefficient (Wildman–Crippen LogP) is 3.59. The van der Waals surface area contributed by atoms with E-state index >= 15 is 0 Å². The predicted molar refractivity (Wildman–Crippen MR) is 70.6 cm³/mol. The monoisotopic (exact) mass is 249 g/mol. The lowest BCUT2D eigenvalue weighted by atomic mass is 10.1. The zero-order valence-electron chi connectivity index (χ0n) is 9.85. The molecule has 0 radical (unpaired) electrons. The number of carbonyl (C=O) groups excluding carboxylic acids is 1. The van der Waals surface area contributed by atoms with Crippen LogP contribution >= 0.6 is 0 Å². The molecule has 1 aromatic heterocycles. The Morgan fingerprint density at radius 1 is 0.895 bits per heavy atom. The molecule has 1 aliphatic carbocycles. The standard InChI is InChI=1S/C16H8FNO/c17-10-5-6-14-9(7-10)8-13-15(18-14)11-3-1-2-4-12(11)16(13)19/h1-8H. The molecule has 0 N–H and O–H groups in total. The number of rotatable bonds is 0. The Morgan fingerprint density at radius 2 is 1.68 bits per heavy atom. The molecule has 19 heavy (non-hydrogen) atoms. The molecule has 0 aliphatic heterocycles. The van der Waals surface area contributed by atoms with Gasteiger partial charge in [-0.05, 0) is 24.3 Å². The number of halogens is 1. The molecule has 3 heteroatoms. The number of pyridine rings is 1. The molecule has 0 fully saturated rings. The minimum Gasteiger partial charge on any atom is -0.289 e. The molecular weight excluding hydrogens is 241 g/mol. The number of aromatic nitrogens is 1. The summed E-state index contributed by atoms with van der Waals surface area (Å²) in [6.07, 6.45) is 0. The number of hydrogen-bond donors (Lipinski definition) is 0. The van der Waals surface area contributed by atoms with Crippen LogP contribution in [0.15, 0.2) is 48.5 Å². The molecule has 1 heterocycles. The van der Waals surface area contributed by atoms with E-state index in [-0.39, 0.29) is 11.6 Å². The van der Waals surface area contributed by atoms with Crippen molar-refractivity contribution in [3.8, 4) is 11.3 Å². The highest BCUT2D eigenvalue weighted by Crippen LogP contribution is 2.36. The third kappa shape index (κ3) is 1.35. The largest absolute Gasteiger partial charge is 0.289 e. The number of nitrogens with zero attached hydrogens (tertiary/aromatic N) is 1. The van der Waals surface area contributed by atoms with Crippen molar-refractivity contribution in [3.63, 3.8) is 0 Å². The van der Waals surface area contributed by atoms with Crippen LogP contribution in [0.4, 0.5) is 4.39 Å². The summed E-state index contributed by atoms with van der Waals surface area (Å²) in [5.74, 6) is -0.360. The van der Waals surface area contributed by atoms with Crippen molar-refractivity contribution in [1.29, 1.82) is 0 Å². The van der Waals surface area contributed by atoms with Gasteiger partial charge in [0.25, 0.3) is 0 Å². The fourth-order valence-corrected chi connectivity index (χ4v) is 2.56. The second kappa shape index (κ2) is 3.48. The van der Waals surface area contributed by atoms with Crippen LogP contribution < -0.4 is 0 Å². The lowest BCUT2D eigenvalue weighted by Crippen LogP contribution is -1.95. The van der Waals surface area contributed by atoms with Crippen molar-refractivity contribution in [2.45, 2.75) is 0 Å². The maximum atomic E-state index is 13.2. The first-order valence-corrected chi connectivity index (χ1v) is 5.98. The number of fused-ring (bicyclic) bond motifs is 4. The molecule has 0 unspecified atom stereocenters. The Hall–Kier alpha value is -2.55. The highest BCUT2D eigenvalue weighted by atomic mass is 19.1. The van der Waals surface area contributed by atoms with E-state index in [4.69, 9.17) is 0 Å². The van der Waals surface area contributed by atoms with Crippen LogP contribution in [0.5, 0.6) is 0 Å². The van der Waals surface area contributed by atoms with E-state index in [1.165, 1.54) is 12.1 Å². The molecule has 90 valence electrons. The first-order chi connectivity index (χ1) is 9.24. The Labute approximate surface area is 108 Å². The van der Waals surface area contributed by atoms with Gasteiger partial charge in [-0.1, -0.05) is 24.3 Å². The average Bonchev–Trinajstić information content (AvgIpc) is 2.70. The van der Waals surface area contributed by atoms with Crippen LogP contribution in [-0.2, 0) is 0 Å². The van der Waals surface area contributed by atoms with Crippen LogP contribution in [0.25, 0.3) is 22.2 Å². The van der Waals surface area contributed by atoms with Crippen LogP contribution in [0, 0.1) is 5.82 Å². The van der Waals surface area contributed by atoms with Gasteiger partial charge in [0, 0.05) is 22.1 Å². The first kappa shape index (κ1) is 10.4. The summed E-state index contributed by atoms with van der Waals surface area (Å²) >= 11 is 0. The van der Waals surface area contributed by atoms with Gasteiger partial charge in [-0.2, -0.15) is 0 Å². The molecule has 3 aromatic rings. The highest BCUT2D eigenvalue weighted by Gasteiger charge is 2.27. The van der Waals surface area contributed by atoms with Gasteiger partial charge in [0.1, 0.15) is 5.82 Å². The summed E-state index contributed by atoms with van der Waals surface area (Å²) in [6, 6.07) is 13.6. The van der Waals surface area contributed by atoms with E-state index in [9.17, 15) is 9.18 Å². The van der Waals surface area contributed by atoms with Gasteiger partial charge in [0.05, 0.1) is 11.2 Å². The summed E-state index contributed by atoms with van der Waals surface area (Å²) in [5.41, 5.74) is 3.47. The van der Waals surface area contributed by atoms with Crippen molar-refractivity contribution in [2.75, 3.05) is 0 Å². The molecule has 0 bridgehead atoms. The summed E-state index contributed by atoms with van der Waals surface area (Å²) < 4.78 is 13.2. The topological polar surface area (TPSA) is 30.0 Å². The van der Waals surface area contributed by atoms with Gasteiger partial charge in [0.2, 0.25) is 0 Å². The molecule has 1 aliphatic rings. The van der Waals surface area contributed by atoms with Crippen LogP contribution in [0.1, 0.15) is 15.9 Å². The van der Waals surface area contributed by atoms with E-state index in [0.717, 1.165) is 5.56 Å². The number of ketones is 1. The number of hydrogen-bond acceptors (Lipinski definition) is 2. The Morgan fingerprint density at radius 3 is 2.53 bits per heavy atom. The first-order valence-electron chi connectivity index (χ1n) is 5.98. The maximum Gasteiger partial charge on any atom is 0.195 e. The van der Waals surface area contributed by atoms with Crippen LogP contribution in [0.2, 0.25) is 0 Å². The quantitative estimate of drug-likeness (QED) is 0.476. The molecule has 0 saturated carbocycles. The summed E-state index contributed by atoms with van der Waals surface area (Å²) in [6.45, 7) is 0. The molecule has 4 rings (SSSR count). The van der Waals surface area contributed by atoms with E-state index in [2.05, 4.69) is 4.98 Å². The zero-order chi connectivity index (χ0) is 13.0. The molecular formula is C16H8FNO. The SMILES string of the molecule is O=C1c2ccccc2-c2nc3ccc(F)cc3cc21. The molecule has 2 aromatic carbocycles. The van der Waals surface area contributed by atoms with Crippen LogP contribution in [0.3, 0.4) is 0 Å². The summed E-state index contributed by atoms with van der Waals surface area (Å²) in [5, 5.41) is 0.653. The van der Waals surface area contributed by atoms with Crippen LogP contribution in [-0.4, -0.2) is 10.8 Å². The van der Waals surface area contributed by atoms with E-state index in [0.29, 0.717) is 27.7 Å². The van der Waals surface area contributed by atoms with Crippen molar-refractivity contribution >= 4 is 16.7 Å². The molecule has 0 amide bonds. The average molecular weight is 249 g/mol. The van der Waals surface area contributed by atoms with Gasteiger partial charge < -0.3 is 0 Å². The van der Waals surface area contributed by atoms with E-state index in [1.807, 2.05) is 18.2 Å². The van der Waals surface area contributed by atoms with Crippen molar-refractivity contribution < 1.29 is 9.18 Å². The Bertz CT molecular complexity index is 854. The molecule has 0 saturated heterocycles. The fourth-order valence-electron chi connectivity index (χ4n) is 2.56. The van der Waals surface area contributed by atoms with Crippen molar-refractivity contribution in [1.82, 2.24) is 4.98 Å². The Balaban J connectivity index is 2.11. The minimum absolute atomic E-state index is 0.0377. The minimum atomic E-state index is -0.322. The lowest BCUT2D eigenvalue weighted by Gasteiger charge is -2.02. The maximum absolute atomic E-state index is 13.2. The summed E-state index contributed by atoms with van der Waals surface area (Å²) in [4.78, 5) is 16.8. The molecule has 0 spiro atoms. The van der Waals surface area contributed by atoms with E-state index < -0.39 is 0 Å². The van der Waals surface area contributed by atoms with Crippen molar-refractivity contribution in [2.24, 2.45) is 0 Å². The second-order valence-corrected chi connectivity index (χ2v) is 4.60. The fraction of sp³-hybridized carbons (Fsp3) is 0. The smallest absolute Gasteiger partial charge is 0.195 e. The molecule has 0 atom stereocenters. The Kier molecular flexibility index (Phi) is 1.90. The van der Waals surface area contributed by atoms with Gasteiger partial charge in [-0.25, -0.2) is 9.37 Å².